The van der Waals surface area contributed by atoms with E-state index >= 15 is 0 Å². The topological polar surface area (TPSA) is 45.7 Å². The summed E-state index contributed by atoms with van der Waals surface area (Å²) in [4.78, 5) is 21.6. The molecule has 1 saturated heterocycles. The highest BCUT2D eigenvalue weighted by atomic mass is 35.5. The molecule has 0 N–H and O–H groups in total. The van der Waals surface area contributed by atoms with Crippen molar-refractivity contribution in [2.75, 3.05) is 26.2 Å². The molecule has 5 nitrogen and oxygen atoms in total. The van der Waals surface area contributed by atoms with Gasteiger partial charge in [0.15, 0.2) is 0 Å². The van der Waals surface area contributed by atoms with E-state index in [9.17, 15) is 4.79 Å². The minimum Gasteiger partial charge on any atom is -0.461 e. The number of unbranched alkanes of at least 4 members (excludes halogenated alkanes) is 1. The number of hydrogen-bond acceptors (Lipinski definition) is 4. The molecule has 7 heteroatoms. The van der Waals surface area contributed by atoms with E-state index in [1.807, 2.05) is 37.3 Å². The number of carbonyl (C=O) groups is 1. The highest BCUT2D eigenvalue weighted by Crippen LogP contribution is 2.29. The molecule has 2 aliphatic heterocycles. The van der Waals surface area contributed by atoms with E-state index in [-0.39, 0.29) is 5.91 Å². The van der Waals surface area contributed by atoms with Crippen LogP contribution in [0.25, 0.3) is 0 Å². The van der Waals surface area contributed by atoms with E-state index < -0.39 is 0 Å². The maximum Gasteiger partial charge on any atom is 0.262 e. The van der Waals surface area contributed by atoms with E-state index in [2.05, 4.69) is 16.0 Å². The van der Waals surface area contributed by atoms with Crippen molar-refractivity contribution in [2.45, 2.75) is 38.5 Å². The molecular formula is C24H27Cl2N3O2. The van der Waals surface area contributed by atoms with Gasteiger partial charge in [0.1, 0.15) is 22.3 Å². The first-order valence-corrected chi connectivity index (χ1v) is 11.6. The summed E-state index contributed by atoms with van der Waals surface area (Å²) in [6.07, 6.45) is 5.54. The average molecular weight is 460 g/mol. The van der Waals surface area contributed by atoms with Crippen LogP contribution in [0.15, 0.2) is 47.8 Å². The van der Waals surface area contributed by atoms with Crippen LogP contribution < -0.4 is 4.74 Å². The Kier molecular flexibility index (Phi) is 7.16. The van der Waals surface area contributed by atoms with Gasteiger partial charge in [-0.3, -0.25) is 9.69 Å². The number of carbonyl (C=O) groups excluding carboxylic acids is 1. The molecule has 0 unspecified atom stereocenters. The number of aryl methyl sites for hydroxylation is 1. The fraction of sp³-hybridized carbons (Fsp3) is 0.417. The molecule has 31 heavy (non-hydrogen) atoms. The molecule has 3 heterocycles. The van der Waals surface area contributed by atoms with Crippen LogP contribution in [0.3, 0.4) is 0 Å². The molecule has 1 aromatic carbocycles. The Morgan fingerprint density at radius 1 is 1.10 bits per heavy atom. The van der Waals surface area contributed by atoms with Crippen LogP contribution in [0.5, 0.6) is 5.75 Å². The van der Waals surface area contributed by atoms with Crippen LogP contribution in [-0.2, 0) is 0 Å². The van der Waals surface area contributed by atoms with Crippen molar-refractivity contribution in [1.82, 2.24) is 14.8 Å². The number of piperidine rings is 1. The largest absolute Gasteiger partial charge is 0.461 e. The van der Waals surface area contributed by atoms with E-state index in [1.165, 1.54) is 6.26 Å². The van der Waals surface area contributed by atoms with Crippen LogP contribution in [0.4, 0.5) is 0 Å². The monoisotopic (exact) mass is 459 g/mol. The summed E-state index contributed by atoms with van der Waals surface area (Å²) in [5.41, 5.74) is 2.68. The second-order valence-corrected chi connectivity index (χ2v) is 9.00. The molecule has 1 aromatic heterocycles. The maximum atomic E-state index is 13.0. The van der Waals surface area contributed by atoms with Gasteiger partial charge in [0.2, 0.25) is 0 Å². The zero-order valence-electron chi connectivity index (χ0n) is 17.7. The number of hydrogen-bond donors (Lipinski definition) is 0. The van der Waals surface area contributed by atoms with Crippen molar-refractivity contribution >= 4 is 29.1 Å². The molecule has 2 aromatic rings. The van der Waals surface area contributed by atoms with Gasteiger partial charge in [-0.15, -0.1) is 0 Å². The van der Waals surface area contributed by atoms with Crippen molar-refractivity contribution in [1.29, 1.82) is 0 Å². The molecule has 1 fully saturated rings. The number of amides is 1. The Balaban J connectivity index is 1.25. The van der Waals surface area contributed by atoms with E-state index in [0.29, 0.717) is 34.1 Å². The van der Waals surface area contributed by atoms with Crippen molar-refractivity contribution in [3.05, 3.63) is 69.8 Å². The van der Waals surface area contributed by atoms with E-state index in [0.717, 1.165) is 56.6 Å². The molecule has 0 bridgehead atoms. The lowest BCUT2D eigenvalue weighted by Crippen LogP contribution is -2.34. The number of ether oxygens (including phenoxy) is 1. The molecule has 0 spiro atoms. The lowest BCUT2D eigenvalue weighted by Gasteiger charge is -2.31. The van der Waals surface area contributed by atoms with Gasteiger partial charge < -0.3 is 9.64 Å². The average Bonchev–Trinajstić information content (AvgIpc) is 2.88. The molecular weight excluding hydrogens is 433 g/mol. The Morgan fingerprint density at radius 3 is 2.65 bits per heavy atom. The van der Waals surface area contributed by atoms with Crippen molar-refractivity contribution in [2.24, 2.45) is 0 Å². The van der Waals surface area contributed by atoms with Gasteiger partial charge in [-0.25, -0.2) is 4.98 Å². The van der Waals surface area contributed by atoms with Gasteiger partial charge >= 0.3 is 0 Å². The highest BCUT2D eigenvalue weighted by Gasteiger charge is 2.26. The zero-order chi connectivity index (χ0) is 21.8. The fourth-order valence-corrected chi connectivity index (χ4v) is 4.63. The quantitative estimate of drug-likeness (QED) is 0.321. The van der Waals surface area contributed by atoms with Crippen LogP contribution in [0.2, 0.25) is 5.15 Å². The Bertz CT molecular complexity index is 971. The lowest BCUT2D eigenvalue weighted by atomic mass is 9.93. The van der Waals surface area contributed by atoms with Gasteiger partial charge in [0, 0.05) is 18.2 Å². The van der Waals surface area contributed by atoms with Crippen LogP contribution >= 0.6 is 23.2 Å². The van der Waals surface area contributed by atoms with Crippen molar-refractivity contribution in [3.8, 4) is 5.75 Å². The van der Waals surface area contributed by atoms with Gasteiger partial charge in [-0.1, -0.05) is 40.9 Å². The second kappa shape index (κ2) is 10.0. The van der Waals surface area contributed by atoms with Gasteiger partial charge in [0.05, 0.1) is 5.56 Å². The highest BCUT2D eigenvalue weighted by molar-refractivity contribution is 6.30. The standard InChI is InChI=1S/C24H27Cl2N3O2/c1-17-7-8-21-19(15-17)24(30)29(23(26)16-31-21)12-3-2-11-28-13-9-18(10-14-28)20-5-4-6-22(25)27-20/h4-8,15-16,18H,2-3,9-14H2,1H3. The predicted octanol–water partition coefficient (Wildman–Crippen LogP) is 5.58. The Hall–Kier alpha value is -2.08. The first kappa shape index (κ1) is 22.1. The summed E-state index contributed by atoms with van der Waals surface area (Å²) in [5, 5.41) is 0.896. The summed E-state index contributed by atoms with van der Waals surface area (Å²) in [6, 6.07) is 11.5. The molecule has 2 aliphatic rings. The smallest absolute Gasteiger partial charge is 0.262 e. The van der Waals surface area contributed by atoms with Crippen LogP contribution in [0, 0.1) is 6.92 Å². The van der Waals surface area contributed by atoms with Gasteiger partial charge in [-0.2, -0.15) is 0 Å². The number of fused-ring (bicyclic) bond motifs is 1. The zero-order valence-corrected chi connectivity index (χ0v) is 19.2. The third-order valence-electron chi connectivity index (χ3n) is 6.00. The first-order chi connectivity index (χ1) is 15.0. The van der Waals surface area contributed by atoms with Crippen LogP contribution in [-0.4, -0.2) is 46.9 Å². The molecule has 1 amide bonds. The number of likely N-dealkylation sites (tertiary alicyclic amines) is 1. The minimum absolute atomic E-state index is 0.104. The fourth-order valence-electron chi connectivity index (χ4n) is 4.25. The normalized spacial score (nSPS) is 17.7. The minimum atomic E-state index is -0.104. The summed E-state index contributed by atoms with van der Waals surface area (Å²) in [5.74, 6) is 0.928. The van der Waals surface area contributed by atoms with Gasteiger partial charge in [0.25, 0.3) is 5.91 Å². The van der Waals surface area contributed by atoms with E-state index in [4.69, 9.17) is 27.9 Å². The van der Waals surface area contributed by atoms with Crippen LogP contribution in [0.1, 0.15) is 53.2 Å². The number of rotatable bonds is 6. The van der Waals surface area contributed by atoms with Crippen molar-refractivity contribution < 1.29 is 9.53 Å². The third kappa shape index (κ3) is 5.40. The Morgan fingerprint density at radius 2 is 1.87 bits per heavy atom. The molecule has 4 rings (SSSR count). The number of nitrogens with zero attached hydrogens (tertiary/aromatic N) is 3. The molecule has 0 aliphatic carbocycles. The third-order valence-corrected chi connectivity index (χ3v) is 6.50. The summed E-state index contributed by atoms with van der Waals surface area (Å²) in [6.45, 7) is 5.67. The number of halogens is 2. The number of benzene rings is 1. The lowest BCUT2D eigenvalue weighted by molar-refractivity contribution is 0.0814. The Labute approximate surface area is 193 Å². The van der Waals surface area contributed by atoms with E-state index in [1.54, 1.807) is 4.90 Å². The van der Waals surface area contributed by atoms with Crippen molar-refractivity contribution in [3.63, 3.8) is 0 Å². The molecule has 0 saturated carbocycles. The summed E-state index contributed by atoms with van der Waals surface area (Å²) < 4.78 is 5.59. The summed E-state index contributed by atoms with van der Waals surface area (Å²) >= 11 is 12.4. The molecule has 0 atom stereocenters. The molecule has 164 valence electrons. The number of pyridine rings is 1. The van der Waals surface area contributed by atoms with Gasteiger partial charge in [-0.05, 0) is 76.5 Å². The predicted molar refractivity (Wildman–Crippen MR) is 124 cm³/mol. The summed E-state index contributed by atoms with van der Waals surface area (Å²) in [7, 11) is 0. The first-order valence-electron chi connectivity index (χ1n) is 10.8. The maximum absolute atomic E-state index is 13.0. The SMILES string of the molecule is Cc1ccc2c(c1)C(=O)N(CCCCN1CCC(c3cccc(Cl)n3)CC1)C(Cl)=CO2. The second-order valence-electron chi connectivity index (χ2n) is 8.22. The molecule has 0 radical (unpaired) electrons. The number of aromatic nitrogens is 1.